The molecule has 9 heteroatoms. The number of nitro benzene ring substituents is 1. The molecule has 0 amide bonds. The van der Waals surface area contributed by atoms with Crippen molar-refractivity contribution in [2.75, 3.05) is 6.61 Å². The highest BCUT2D eigenvalue weighted by molar-refractivity contribution is 7.80. The minimum Gasteiger partial charge on any atom is -0.481 e. The zero-order valence-corrected chi connectivity index (χ0v) is 14.5. The Balaban J connectivity index is 2.18. The number of ether oxygens (including phenoxy) is 1. The van der Waals surface area contributed by atoms with Crippen molar-refractivity contribution in [3.8, 4) is 5.75 Å². The number of non-ortho nitro benzene ring substituents is 1. The van der Waals surface area contributed by atoms with Gasteiger partial charge in [-0.1, -0.05) is 24.4 Å². The number of rotatable bonds is 7. The zero-order chi connectivity index (χ0) is 19.3. The molecule has 136 valence electrons. The molecule has 0 aliphatic rings. The van der Waals surface area contributed by atoms with Crippen molar-refractivity contribution in [1.29, 1.82) is 0 Å². The molecule has 2 aromatic carbocycles. The first-order valence-corrected chi connectivity index (χ1v) is 7.85. The summed E-state index contributed by atoms with van der Waals surface area (Å²) in [6.07, 6.45) is 0. The molecule has 2 rings (SSSR count). The SMILES string of the molecule is Cc1cc(C(=S)NCc2cccc([N+](=O)[O-])c2)c(OCC(=O)O)cc1F. The van der Waals surface area contributed by atoms with E-state index in [1.165, 1.54) is 18.2 Å². The van der Waals surface area contributed by atoms with Crippen LogP contribution in [0.2, 0.25) is 0 Å². The first kappa shape index (κ1) is 19.3. The summed E-state index contributed by atoms with van der Waals surface area (Å²) in [4.78, 5) is 21.2. The molecule has 0 spiro atoms. The molecule has 0 atom stereocenters. The predicted molar refractivity (Wildman–Crippen MR) is 95.9 cm³/mol. The van der Waals surface area contributed by atoms with E-state index in [9.17, 15) is 19.3 Å². The Bertz CT molecular complexity index is 872. The first-order chi connectivity index (χ1) is 12.3. The van der Waals surface area contributed by atoms with Gasteiger partial charge < -0.3 is 15.2 Å². The predicted octanol–water partition coefficient (Wildman–Crippen LogP) is 2.97. The van der Waals surface area contributed by atoms with Gasteiger partial charge in [0.1, 0.15) is 16.6 Å². The number of benzene rings is 2. The number of carbonyl (C=O) groups is 1. The number of carboxylic acid groups (broad SMARTS) is 1. The average molecular weight is 378 g/mol. The third kappa shape index (κ3) is 4.96. The molecule has 7 nitrogen and oxygen atoms in total. The Morgan fingerprint density at radius 1 is 1.38 bits per heavy atom. The molecule has 0 aromatic heterocycles. The second-order valence-electron chi connectivity index (χ2n) is 5.39. The number of aryl methyl sites for hydroxylation is 1. The quantitative estimate of drug-likeness (QED) is 0.434. The summed E-state index contributed by atoms with van der Waals surface area (Å²) in [6.45, 7) is 1.11. The van der Waals surface area contributed by atoms with Gasteiger partial charge in [-0.05, 0) is 24.1 Å². The van der Waals surface area contributed by atoms with Crippen LogP contribution in [0.25, 0.3) is 0 Å². The van der Waals surface area contributed by atoms with Crippen LogP contribution >= 0.6 is 12.2 Å². The third-order valence-electron chi connectivity index (χ3n) is 3.43. The number of nitrogens with one attached hydrogen (secondary N) is 1. The van der Waals surface area contributed by atoms with Gasteiger partial charge in [0.05, 0.1) is 10.5 Å². The second kappa shape index (κ2) is 8.34. The van der Waals surface area contributed by atoms with Crippen molar-refractivity contribution in [2.24, 2.45) is 0 Å². The highest BCUT2D eigenvalue weighted by Crippen LogP contribution is 2.24. The molecule has 0 heterocycles. The van der Waals surface area contributed by atoms with Crippen molar-refractivity contribution in [3.05, 3.63) is 69.0 Å². The van der Waals surface area contributed by atoms with Gasteiger partial charge in [-0.15, -0.1) is 0 Å². The normalized spacial score (nSPS) is 10.2. The lowest BCUT2D eigenvalue weighted by Crippen LogP contribution is -2.23. The van der Waals surface area contributed by atoms with Gasteiger partial charge in [0, 0.05) is 24.7 Å². The molecule has 0 aliphatic carbocycles. The monoisotopic (exact) mass is 378 g/mol. The van der Waals surface area contributed by atoms with E-state index in [-0.39, 0.29) is 23.0 Å². The fourth-order valence-electron chi connectivity index (χ4n) is 2.16. The molecular formula is C17H15FN2O5S. The molecule has 2 N–H and O–H groups in total. The van der Waals surface area contributed by atoms with Gasteiger partial charge in [0.2, 0.25) is 0 Å². The Morgan fingerprint density at radius 2 is 2.12 bits per heavy atom. The van der Waals surface area contributed by atoms with Crippen LogP contribution in [0, 0.1) is 22.9 Å². The molecule has 0 aliphatic heterocycles. The van der Waals surface area contributed by atoms with E-state index in [4.69, 9.17) is 22.1 Å². The number of thiocarbonyl (C=S) groups is 1. The first-order valence-electron chi connectivity index (χ1n) is 7.44. The van der Waals surface area contributed by atoms with E-state index in [1.807, 2.05) is 0 Å². The Hall–Kier alpha value is -3.07. The van der Waals surface area contributed by atoms with Crippen LogP contribution in [0.4, 0.5) is 10.1 Å². The van der Waals surface area contributed by atoms with Crippen LogP contribution < -0.4 is 10.1 Å². The van der Waals surface area contributed by atoms with Crippen molar-refractivity contribution < 1.29 is 24.0 Å². The minimum atomic E-state index is -1.20. The number of halogens is 1. The summed E-state index contributed by atoms with van der Waals surface area (Å²) >= 11 is 5.28. The molecule has 0 bridgehead atoms. The van der Waals surface area contributed by atoms with Crippen LogP contribution in [0.5, 0.6) is 5.75 Å². The second-order valence-corrected chi connectivity index (χ2v) is 5.80. The van der Waals surface area contributed by atoms with Gasteiger partial charge in [0.15, 0.2) is 6.61 Å². The summed E-state index contributed by atoms with van der Waals surface area (Å²) < 4.78 is 18.9. The van der Waals surface area contributed by atoms with Crippen molar-refractivity contribution in [1.82, 2.24) is 5.32 Å². The van der Waals surface area contributed by atoms with E-state index >= 15 is 0 Å². The van der Waals surface area contributed by atoms with Crippen LogP contribution in [-0.4, -0.2) is 27.6 Å². The summed E-state index contributed by atoms with van der Waals surface area (Å²) in [5.74, 6) is -1.74. The van der Waals surface area contributed by atoms with Gasteiger partial charge >= 0.3 is 5.97 Å². The van der Waals surface area contributed by atoms with Gasteiger partial charge in [-0.3, -0.25) is 10.1 Å². The van der Waals surface area contributed by atoms with Gasteiger partial charge in [-0.2, -0.15) is 0 Å². The van der Waals surface area contributed by atoms with E-state index in [0.717, 1.165) is 6.07 Å². The Kier molecular flexibility index (Phi) is 6.18. The number of nitrogens with zero attached hydrogens (tertiary/aromatic N) is 1. The molecule has 0 saturated heterocycles. The fourth-order valence-corrected chi connectivity index (χ4v) is 2.39. The molecule has 0 unspecified atom stereocenters. The third-order valence-corrected chi connectivity index (χ3v) is 3.80. The maximum Gasteiger partial charge on any atom is 0.341 e. The lowest BCUT2D eigenvalue weighted by molar-refractivity contribution is -0.384. The number of nitro groups is 1. The molecule has 0 saturated carbocycles. The van der Waals surface area contributed by atoms with Crippen molar-refractivity contribution >= 4 is 28.9 Å². The molecule has 0 fully saturated rings. The lowest BCUT2D eigenvalue weighted by atomic mass is 10.1. The summed E-state index contributed by atoms with van der Waals surface area (Å²) in [6, 6.07) is 8.57. The van der Waals surface area contributed by atoms with Gasteiger partial charge in [0.25, 0.3) is 5.69 Å². The summed E-state index contributed by atoms with van der Waals surface area (Å²) in [5, 5.41) is 22.5. The summed E-state index contributed by atoms with van der Waals surface area (Å²) in [5.41, 5.74) is 1.25. The Morgan fingerprint density at radius 3 is 2.77 bits per heavy atom. The smallest absolute Gasteiger partial charge is 0.341 e. The van der Waals surface area contributed by atoms with E-state index in [0.29, 0.717) is 16.7 Å². The average Bonchev–Trinajstić information content (AvgIpc) is 2.60. The molecular weight excluding hydrogens is 363 g/mol. The van der Waals surface area contributed by atoms with Crippen molar-refractivity contribution in [3.63, 3.8) is 0 Å². The standard InChI is InChI=1S/C17H15FN2O5S/c1-10-5-13(15(7-14(10)18)25-9-16(21)22)17(26)19-8-11-3-2-4-12(6-11)20(23)24/h2-7H,8-9H2,1H3,(H,19,26)(H,21,22). The molecule has 2 aromatic rings. The van der Waals surface area contributed by atoms with Crippen LogP contribution in [-0.2, 0) is 11.3 Å². The van der Waals surface area contributed by atoms with Crippen LogP contribution in [0.15, 0.2) is 36.4 Å². The maximum atomic E-state index is 13.8. The fraction of sp³-hybridized carbons (Fsp3) is 0.176. The minimum absolute atomic E-state index is 0.00652. The van der Waals surface area contributed by atoms with E-state index in [1.54, 1.807) is 19.1 Å². The zero-order valence-electron chi connectivity index (χ0n) is 13.7. The Labute approximate surface area is 153 Å². The van der Waals surface area contributed by atoms with Crippen LogP contribution in [0.3, 0.4) is 0 Å². The lowest BCUT2D eigenvalue weighted by Gasteiger charge is -2.14. The highest BCUT2D eigenvalue weighted by Gasteiger charge is 2.14. The van der Waals surface area contributed by atoms with Crippen molar-refractivity contribution in [2.45, 2.75) is 13.5 Å². The topological polar surface area (TPSA) is 102 Å². The highest BCUT2D eigenvalue weighted by atomic mass is 32.1. The number of hydrogen-bond acceptors (Lipinski definition) is 5. The number of hydrogen-bond donors (Lipinski definition) is 2. The molecule has 26 heavy (non-hydrogen) atoms. The largest absolute Gasteiger partial charge is 0.481 e. The van der Waals surface area contributed by atoms with Crippen LogP contribution in [0.1, 0.15) is 16.7 Å². The number of aliphatic carboxylic acids is 1. The van der Waals surface area contributed by atoms with E-state index < -0.39 is 23.3 Å². The summed E-state index contributed by atoms with van der Waals surface area (Å²) in [7, 11) is 0. The van der Waals surface area contributed by atoms with E-state index in [2.05, 4.69) is 5.32 Å². The number of carboxylic acids is 1. The molecule has 0 radical (unpaired) electrons. The maximum absolute atomic E-state index is 13.8. The van der Waals surface area contributed by atoms with Gasteiger partial charge in [-0.25, -0.2) is 9.18 Å².